The van der Waals surface area contributed by atoms with Gasteiger partial charge in [0, 0.05) is 12.2 Å². The molecule has 0 aliphatic carbocycles. The quantitative estimate of drug-likeness (QED) is 0.663. The van der Waals surface area contributed by atoms with Gasteiger partial charge in [-0.15, -0.1) is 0 Å². The molecule has 0 aromatic carbocycles. The molecule has 1 aromatic rings. The van der Waals surface area contributed by atoms with Crippen LogP contribution in [0, 0.1) is 0 Å². The average molecular weight is 298 g/mol. The summed E-state index contributed by atoms with van der Waals surface area (Å²) in [6.45, 7) is 12.6. The van der Waals surface area contributed by atoms with Crippen molar-refractivity contribution in [1.82, 2.24) is 10.1 Å². The molecular formula is C13H22N2O4Si. The van der Waals surface area contributed by atoms with Gasteiger partial charge >= 0.3 is 5.97 Å². The molecule has 0 spiro atoms. The molecule has 0 saturated heterocycles. The van der Waals surface area contributed by atoms with Crippen LogP contribution in [0.4, 0.5) is 0 Å². The molecule has 1 N–H and O–H groups in total. The van der Waals surface area contributed by atoms with Crippen molar-refractivity contribution in [3.63, 3.8) is 0 Å². The van der Waals surface area contributed by atoms with Gasteiger partial charge in [0.25, 0.3) is 5.89 Å². The molecule has 1 atom stereocenters. The van der Waals surface area contributed by atoms with Gasteiger partial charge in [-0.05, 0) is 25.1 Å². The van der Waals surface area contributed by atoms with E-state index in [1.54, 1.807) is 0 Å². The normalized spacial score (nSPS) is 14.7. The van der Waals surface area contributed by atoms with Crippen molar-refractivity contribution in [2.24, 2.45) is 0 Å². The Morgan fingerprint density at radius 1 is 1.45 bits per heavy atom. The lowest BCUT2D eigenvalue weighted by molar-refractivity contribution is -0.131. The fraction of sp³-hybridized carbons (Fsp3) is 0.615. The Balaban J connectivity index is 2.79. The van der Waals surface area contributed by atoms with E-state index in [0.29, 0.717) is 5.82 Å². The predicted molar refractivity (Wildman–Crippen MR) is 77.7 cm³/mol. The van der Waals surface area contributed by atoms with Crippen molar-refractivity contribution in [3.8, 4) is 0 Å². The minimum absolute atomic E-state index is 0.0943. The number of nitrogens with zero attached hydrogens (tertiary/aromatic N) is 2. The van der Waals surface area contributed by atoms with Crippen molar-refractivity contribution >= 4 is 20.4 Å². The third-order valence-electron chi connectivity index (χ3n) is 3.47. The highest BCUT2D eigenvalue weighted by Gasteiger charge is 2.39. The average Bonchev–Trinajstić information content (AvgIpc) is 2.72. The fourth-order valence-corrected chi connectivity index (χ4v) is 2.64. The molecule has 7 heteroatoms. The third kappa shape index (κ3) is 4.28. The summed E-state index contributed by atoms with van der Waals surface area (Å²) in [5.41, 5.74) is 0. The maximum Gasteiger partial charge on any atom is 0.328 e. The molecular weight excluding hydrogens is 276 g/mol. The summed E-state index contributed by atoms with van der Waals surface area (Å²) >= 11 is 0. The van der Waals surface area contributed by atoms with Crippen LogP contribution in [0.25, 0.3) is 6.08 Å². The summed E-state index contributed by atoms with van der Waals surface area (Å²) in [6, 6.07) is 0. The zero-order valence-corrected chi connectivity index (χ0v) is 13.8. The number of aromatic nitrogens is 2. The monoisotopic (exact) mass is 298 g/mol. The number of hydrogen-bond donors (Lipinski definition) is 1. The van der Waals surface area contributed by atoms with Crippen LogP contribution in [0.5, 0.6) is 0 Å². The first kappa shape index (κ1) is 16.6. The third-order valence-corrected chi connectivity index (χ3v) is 8.02. The summed E-state index contributed by atoms with van der Waals surface area (Å²) in [5.74, 6) is -0.469. The van der Waals surface area contributed by atoms with Crippen LogP contribution < -0.4 is 0 Å². The van der Waals surface area contributed by atoms with Gasteiger partial charge in [0.1, 0.15) is 6.10 Å². The Kier molecular flexibility index (Phi) is 4.88. The van der Waals surface area contributed by atoms with Gasteiger partial charge in [0.15, 0.2) is 14.1 Å². The van der Waals surface area contributed by atoms with Crippen LogP contribution in [0.15, 0.2) is 10.6 Å². The van der Waals surface area contributed by atoms with Gasteiger partial charge in [-0.1, -0.05) is 25.9 Å². The van der Waals surface area contributed by atoms with E-state index in [9.17, 15) is 4.79 Å². The second-order valence-corrected chi connectivity index (χ2v) is 10.9. The minimum Gasteiger partial charge on any atom is -0.478 e. The van der Waals surface area contributed by atoms with Gasteiger partial charge in [-0.3, -0.25) is 0 Å². The molecule has 0 aliphatic rings. The maximum atomic E-state index is 10.4. The number of hydrogen-bond acceptors (Lipinski definition) is 5. The molecule has 0 aliphatic heterocycles. The zero-order chi connectivity index (χ0) is 15.6. The van der Waals surface area contributed by atoms with Gasteiger partial charge < -0.3 is 14.1 Å². The van der Waals surface area contributed by atoms with Crippen molar-refractivity contribution in [3.05, 3.63) is 17.8 Å². The minimum atomic E-state index is -1.91. The second kappa shape index (κ2) is 5.88. The highest BCUT2D eigenvalue weighted by Crippen LogP contribution is 2.39. The van der Waals surface area contributed by atoms with E-state index >= 15 is 0 Å². The summed E-state index contributed by atoms with van der Waals surface area (Å²) < 4.78 is 11.1. The fourth-order valence-electron chi connectivity index (χ4n) is 1.29. The molecule has 0 saturated carbocycles. The lowest BCUT2D eigenvalue weighted by Gasteiger charge is -2.37. The summed E-state index contributed by atoms with van der Waals surface area (Å²) in [4.78, 5) is 14.5. The molecule has 0 fully saturated rings. The summed E-state index contributed by atoms with van der Waals surface area (Å²) in [7, 11) is -1.91. The second-order valence-electron chi connectivity index (χ2n) is 6.18. The van der Waals surface area contributed by atoms with E-state index in [2.05, 4.69) is 44.0 Å². The lowest BCUT2D eigenvalue weighted by atomic mass is 10.2. The molecule has 0 bridgehead atoms. The van der Waals surface area contributed by atoms with Crippen LogP contribution in [0.1, 0.15) is 45.5 Å². The number of carbonyl (C=O) groups is 1. The van der Waals surface area contributed by atoms with Crippen LogP contribution >= 0.6 is 0 Å². The zero-order valence-electron chi connectivity index (χ0n) is 12.8. The van der Waals surface area contributed by atoms with Crippen molar-refractivity contribution < 1.29 is 18.9 Å². The van der Waals surface area contributed by atoms with E-state index in [-0.39, 0.29) is 17.0 Å². The Morgan fingerprint density at radius 3 is 2.55 bits per heavy atom. The molecule has 0 amide bonds. The van der Waals surface area contributed by atoms with E-state index in [0.717, 1.165) is 6.08 Å². The van der Waals surface area contributed by atoms with Gasteiger partial charge in [0.2, 0.25) is 0 Å². The Hall–Kier alpha value is -1.47. The van der Waals surface area contributed by atoms with Crippen LogP contribution in [0.3, 0.4) is 0 Å². The summed E-state index contributed by atoms with van der Waals surface area (Å²) in [6.07, 6.45) is 1.93. The first-order valence-corrected chi connectivity index (χ1v) is 9.36. The first-order valence-electron chi connectivity index (χ1n) is 6.45. The van der Waals surface area contributed by atoms with E-state index in [4.69, 9.17) is 14.1 Å². The van der Waals surface area contributed by atoms with Crippen molar-refractivity contribution in [2.45, 2.75) is 51.9 Å². The number of carboxylic acid groups (broad SMARTS) is 1. The topological polar surface area (TPSA) is 85.5 Å². The van der Waals surface area contributed by atoms with Crippen LogP contribution in [0.2, 0.25) is 18.1 Å². The standard InChI is InChI=1S/C13H22N2O4Si/c1-9(19-20(5,6)13(2,3)4)12-14-10(18-15-12)7-8-11(16)17/h7-9H,1-6H3,(H,16,17). The van der Waals surface area contributed by atoms with Gasteiger partial charge in [0.05, 0.1) is 0 Å². The van der Waals surface area contributed by atoms with E-state index in [1.165, 1.54) is 6.08 Å². The van der Waals surface area contributed by atoms with Crippen molar-refractivity contribution in [2.75, 3.05) is 0 Å². The van der Waals surface area contributed by atoms with Crippen LogP contribution in [-0.2, 0) is 9.22 Å². The number of rotatable bonds is 5. The van der Waals surface area contributed by atoms with Gasteiger partial charge in [-0.2, -0.15) is 4.98 Å². The van der Waals surface area contributed by atoms with E-state index in [1.807, 2.05) is 6.92 Å². The molecule has 1 aromatic heterocycles. The molecule has 1 unspecified atom stereocenters. The largest absolute Gasteiger partial charge is 0.478 e. The molecule has 1 rings (SSSR count). The molecule has 20 heavy (non-hydrogen) atoms. The summed E-state index contributed by atoms with van der Waals surface area (Å²) in [5, 5.41) is 12.5. The highest BCUT2D eigenvalue weighted by molar-refractivity contribution is 6.74. The van der Waals surface area contributed by atoms with Crippen molar-refractivity contribution in [1.29, 1.82) is 0 Å². The van der Waals surface area contributed by atoms with Crippen LogP contribution in [-0.4, -0.2) is 29.5 Å². The maximum absolute atomic E-state index is 10.4. The Morgan fingerprint density at radius 2 is 2.05 bits per heavy atom. The highest BCUT2D eigenvalue weighted by atomic mass is 28.4. The lowest BCUT2D eigenvalue weighted by Crippen LogP contribution is -2.41. The molecule has 1 heterocycles. The molecule has 6 nitrogen and oxygen atoms in total. The SMILES string of the molecule is CC(O[Si](C)(C)C(C)(C)C)c1noc(C=CC(=O)O)n1. The Bertz CT molecular complexity index is 503. The predicted octanol–water partition coefficient (Wildman–Crippen LogP) is 3.25. The molecule has 112 valence electrons. The van der Waals surface area contributed by atoms with Gasteiger partial charge in [-0.25, -0.2) is 4.79 Å². The smallest absolute Gasteiger partial charge is 0.328 e. The first-order chi connectivity index (χ1) is 9.03. The number of carboxylic acids is 1. The molecule has 0 radical (unpaired) electrons. The van der Waals surface area contributed by atoms with E-state index < -0.39 is 14.3 Å². The Labute approximate surface area is 120 Å². The number of aliphatic carboxylic acids is 1.